The van der Waals surface area contributed by atoms with E-state index in [-0.39, 0.29) is 5.56 Å². The molecule has 1 aliphatic heterocycles. The summed E-state index contributed by atoms with van der Waals surface area (Å²) < 4.78 is 7.42. The normalized spacial score (nSPS) is 18.1. The van der Waals surface area contributed by atoms with E-state index in [1.165, 1.54) is 0 Å². The van der Waals surface area contributed by atoms with Gasteiger partial charge < -0.3 is 4.42 Å². The Hall–Kier alpha value is -1.95. The van der Waals surface area contributed by atoms with Gasteiger partial charge in [-0.15, -0.1) is 0 Å². The second-order valence-electron chi connectivity index (χ2n) is 7.36. The molecule has 1 fully saturated rings. The standard InChI is InChI=1S/C18H24N4O2/c1-12(2)16-7-19-17(24-16)11-21-8-13(9-21)10-22-18(23)6-14-4-3-5-15(14)20-22/h6-7,12-13H,3-5,8-11H2,1-2H3. The highest BCUT2D eigenvalue weighted by Gasteiger charge is 2.29. The molecule has 0 bridgehead atoms. The first kappa shape index (κ1) is 15.6. The molecule has 24 heavy (non-hydrogen) atoms. The minimum atomic E-state index is 0.0448. The highest BCUT2D eigenvalue weighted by molar-refractivity contribution is 5.22. The topological polar surface area (TPSA) is 64.2 Å². The van der Waals surface area contributed by atoms with Crippen molar-refractivity contribution in [1.82, 2.24) is 19.7 Å². The van der Waals surface area contributed by atoms with Gasteiger partial charge in [-0.2, -0.15) is 5.10 Å². The third-order valence-corrected chi connectivity index (χ3v) is 4.99. The van der Waals surface area contributed by atoms with Crippen LogP contribution in [0.25, 0.3) is 0 Å². The Kier molecular flexibility index (Phi) is 4.00. The first-order valence-electron chi connectivity index (χ1n) is 8.85. The fraction of sp³-hybridized carbons (Fsp3) is 0.611. The molecule has 0 unspecified atom stereocenters. The molecule has 1 saturated heterocycles. The smallest absolute Gasteiger partial charge is 0.267 e. The zero-order valence-corrected chi connectivity index (χ0v) is 14.4. The van der Waals surface area contributed by atoms with Crippen LogP contribution < -0.4 is 5.56 Å². The molecule has 2 aromatic rings. The second-order valence-corrected chi connectivity index (χ2v) is 7.36. The predicted octanol–water partition coefficient (Wildman–Crippen LogP) is 1.98. The van der Waals surface area contributed by atoms with Crippen LogP contribution in [0.1, 0.15) is 49.1 Å². The quantitative estimate of drug-likeness (QED) is 0.840. The number of nitrogens with zero attached hydrogens (tertiary/aromatic N) is 4. The number of oxazole rings is 1. The van der Waals surface area contributed by atoms with E-state index in [4.69, 9.17) is 4.42 Å². The van der Waals surface area contributed by atoms with E-state index in [0.717, 1.165) is 61.8 Å². The van der Waals surface area contributed by atoms with E-state index in [0.29, 0.717) is 18.4 Å². The van der Waals surface area contributed by atoms with Crippen molar-refractivity contribution in [3.05, 3.63) is 45.5 Å². The Bertz CT molecular complexity index is 787. The minimum Gasteiger partial charge on any atom is -0.444 e. The molecule has 1 aliphatic carbocycles. The first-order valence-corrected chi connectivity index (χ1v) is 8.85. The third kappa shape index (κ3) is 3.02. The molecule has 0 amide bonds. The maximum absolute atomic E-state index is 12.2. The molecular weight excluding hydrogens is 304 g/mol. The van der Waals surface area contributed by atoms with Crippen molar-refractivity contribution >= 4 is 0 Å². The summed E-state index contributed by atoms with van der Waals surface area (Å²) in [7, 11) is 0. The third-order valence-electron chi connectivity index (χ3n) is 4.99. The molecule has 0 atom stereocenters. The van der Waals surface area contributed by atoms with Crippen LogP contribution in [0.5, 0.6) is 0 Å². The lowest BCUT2D eigenvalue weighted by atomic mass is 10.0. The number of likely N-dealkylation sites (tertiary alicyclic amines) is 1. The molecule has 6 nitrogen and oxygen atoms in total. The molecule has 128 valence electrons. The van der Waals surface area contributed by atoms with Gasteiger partial charge in [-0.05, 0) is 24.8 Å². The van der Waals surface area contributed by atoms with Crippen LogP contribution in [-0.2, 0) is 25.9 Å². The average Bonchev–Trinajstić information content (AvgIpc) is 3.13. The molecular formula is C18H24N4O2. The zero-order valence-electron chi connectivity index (χ0n) is 14.4. The Balaban J connectivity index is 1.32. The molecule has 2 aromatic heterocycles. The van der Waals surface area contributed by atoms with Crippen molar-refractivity contribution in [2.24, 2.45) is 5.92 Å². The van der Waals surface area contributed by atoms with Crippen molar-refractivity contribution in [1.29, 1.82) is 0 Å². The largest absolute Gasteiger partial charge is 0.444 e. The summed E-state index contributed by atoms with van der Waals surface area (Å²) in [6.07, 6.45) is 4.96. The number of aryl methyl sites for hydroxylation is 2. The van der Waals surface area contributed by atoms with Gasteiger partial charge in [-0.25, -0.2) is 9.67 Å². The van der Waals surface area contributed by atoms with Gasteiger partial charge in [-0.1, -0.05) is 13.8 Å². The van der Waals surface area contributed by atoms with Crippen LogP contribution in [0, 0.1) is 5.92 Å². The lowest BCUT2D eigenvalue weighted by Crippen LogP contribution is -2.49. The van der Waals surface area contributed by atoms with Crippen LogP contribution in [0.3, 0.4) is 0 Å². The van der Waals surface area contributed by atoms with Gasteiger partial charge in [0, 0.05) is 31.0 Å². The zero-order chi connectivity index (χ0) is 16.7. The Morgan fingerprint density at radius 2 is 2.17 bits per heavy atom. The van der Waals surface area contributed by atoms with Gasteiger partial charge in [-0.3, -0.25) is 9.69 Å². The number of rotatable bonds is 5. The average molecular weight is 328 g/mol. The lowest BCUT2D eigenvalue weighted by molar-refractivity contribution is 0.0674. The number of aromatic nitrogens is 3. The van der Waals surface area contributed by atoms with Crippen LogP contribution in [0.15, 0.2) is 21.5 Å². The summed E-state index contributed by atoms with van der Waals surface area (Å²) in [5.41, 5.74) is 2.31. The molecule has 0 radical (unpaired) electrons. The van der Waals surface area contributed by atoms with Crippen molar-refractivity contribution in [3.8, 4) is 0 Å². The minimum absolute atomic E-state index is 0.0448. The summed E-state index contributed by atoms with van der Waals surface area (Å²) in [6, 6.07) is 1.78. The summed E-state index contributed by atoms with van der Waals surface area (Å²) in [5, 5.41) is 4.56. The van der Waals surface area contributed by atoms with Crippen LogP contribution in [0.2, 0.25) is 0 Å². The summed E-state index contributed by atoms with van der Waals surface area (Å²) in [6.45, 7) is 7.59. The van der Waals surface area contributed by atoms with E-state index in [1.807, 2.05) is 6.20 Å². The molecule has 0 N–H and O–H groups in total. The van der Waals surface area contributed by atoms with Gasteiger partial charge >= 0.3 is 0 Å². The lowest BCUT2D eigenvalue weighted by Gasteiger charge is -2.38. The van der Waals surface area contributed by atoms with Gasteiger partial charge in [0.1, 0.15) is 5.76 Å². The Morgan fingerprint density at radius 3 is 2.92 bits per heavy atom. The predicted molar refractivity (Wildman–Crippen MR) is 89.9 cm³/mol. The van der Waals surface area contributed by atoms with E-state index >= 15 is 0 Å². The summed E-state index contributed by atoms with van der Waals surface area (Å²) in [4.78, 5) is 18.8. The molecule has 0 saturated carbocycles. The molecule has 0 aromatic carbocycles. The molecule has 4 rings (SSSR count). The summed E-state index contributed by atoms with van der Waals surface area (Å²) >= 11 is 0. The van der Waals surface area contributed by atoms with Crippen LogP contribution >= 0.6 is 0 Å². The van der Waals surface area contributed by atoms with E-state index < -0.39 is 0 Å². The van der Waals surface area contributed by atoms with Crippen molar-refractivity contribution in [2.45, 2.75) is 52.1 Å². The van der Waals surface area contributed by atoms with Crippen molar-refractivity contribution in [3.63, 3.8) is 0 Å². The molecule has 2 aliphatic rings. The van der Waals surface area contributed by atoms with Gasteiger partial charge in [0.25, 0.3) is 5.56 Å². The van der Waals surface area contributed by atoms with Gasteiger partial charge in [0.2, 0.25) is 5.89 Å². The van der Waals surface area contributed by atoms with E-state index in [9.17, 15) is 4.79 Å². The maximum atomic E-state index is 12.2. The second kappa shape index (κ2) is 6.16. The van der Waals surface area contributed by atoms with Crippen molar-refractivity contribution < 1.29 is 4.42 Å². The molecule has 6 heteroatoms. The molecule has 0 spiro atoms. The van der Waals surface area contributed by atoms with E-state index in [2.05, 4.69) is 28.8 Å². The highest BCUT2D eigenvalue weighted by Crippen LogP contribution is 2.22. The number of hydrogen-bond donors (Lipinski definition) is 0. The number of hydrogen-bond acceptors (Lipinski definition) is 5. The van der Waals surface area contributed by atoms with Crippen LogP contribution in [0.4, 0.5) is 0 Å². The highest BCUT2D eigenvalue weighted by atomic mass is 16.4. The van der Waals surface area contributed by atoms with Crippen LogP contribution in [-0.4, -0.2) is 32.8 Å². The Morgan fingerprint density at radius 1 is 1.33 bits per heavy atom. The number of fused-ring (bicyclic) bond motifs is 1. The fourth-order valence-corrected chi connectivity index (χ4v) is 3.59. The monoisotopic (exact) mass is 328 g/mol. The SMILES string of the molecule is CC(C)c1cnc(CN2CC(Cn3nc4c(cc3=O)CCC4)C2)o1. The fourth-order valence-electron chi connectivity index (χ4n) is 3.59. The van der Waals surface area contributed by atoms with E-state index in [1.54, 1.807) is 10.7 Å². The van der Waals surface area contributed by atoms with Gasteiger partial charge in [0.05, 0.1) is 25.0 Å². The van der Waals surface area contributed by atoms with Gasteiger partial charge in [0.15, 0.2) is 0 Å². The molecule has 3 heterocycles. The first-order chi connectivity index (χ1) is 11.6. The maximum Gasteiger partial charge on any atom is 0.267 e. The Labute approximate surface area is 141 Å². The summed E-state index contributed by atoms with van der Waals surface area (Å²) in [5.74, 6) is 2.57. The van der Waals surface area contributed by atoms with Crippen molar-refractivity contribution in [2.75, 3.05) is 13.1 Å².